The lowest BCUT2D eigenvalue weighted by Gasteiger charge is -2.19. The molecule has 0 fully saturated rings. The molecule has 0 spiro atoms. The highest BCUT2D eigenvalue weighted by molar-refractivity contribution is 6.06. The zero-order valence-electron chi connectivity index (χ0n) is 16.6. The molecule has 0 radical (unpaired) electrons. The second-order valence-corrected chi connectivity index (χ2v) is 7.12. The molecule has 1 amide bonds. The topological polar surface area (TPSA) is 59.5 Å². The molecular weight excluding hydrogens is 352 g/mol. The van der Waals surface area contributed by atoms with E-state index in [9.17, 15) is 9.59 Å². The van der Waals surface area contributed by atoms with Gasteiger partial charge in [-0.05, 0) is 35.7 Å². The number of carbonyl (C=O) groups is 2. The molecule has 0 saturated carbocycles. The van der Waals surface area contributed by atoms with Crippen molar-refractivity contribution in [3.63, 3.8) is 0 Å². The Hall–Kier alpha value is -3.21. The molecule has 0 N–H and O–H groups in total. The lowest BCUT2D eigenvalue weighted by molar-refractivity contribution is 0.0600. The van der Waals surface area contributed by atoms with Crippen LogP contribution in [0.3, 0.4) is 0 Å². The van der Waals surface area contributed by atoms with Crippen molar-refractivity contribution in [1.29, 1.82) is 0 Å². The fourth-order valence-electron chi connectivity index (χ4n) is 3.08. The fraction of sp³-hybridized carbons (Fsp3) is 0.261. The summed E-state index contributed by atoms with van der Waals surface area (Å²) in [6, 6.07) is 16.7. The smallest absolute Gasteiger partial charge is 0.337 e. The summed E-state index contributed by atoms with van der Waals surface area (Å²) in [5, 5.41) is 0.852. The number of fused-ring (bicyclic) bond motifs is 1. The summed E-state index contributed by atoms with van der Waals surface area (Å²) in [6.45, 7) is 4.57. The molecule has 3 rings (SSSR count). The van der Waals surface area contributed by atoms with E-state index in [1.54, 1.807) is 24.1 Å². The number of nitrogens with zero attached hydrogens (tertiary/aromatic N) is 2. The maximum absolute atomic E-state index is 13.2. The summed E-state index contributed by atoms with van der Waals surface area (Å²) in [7, 11) is 3.13. The van der Waals surface area contributed by atoms with Crippen LogP contribution in [0.1, 0.15) is 51.7 Å². The van der Waals surface area contributed by atoms with E-state index in [0.717, 1.165) is 22.2 Å². The van der Waals surface area contributed by atoms with Crippen LogP contribution in [0.4, 0.5) is 0 Å². The Morgan fingerprint density at radius 2 is 1.75 bits per heavy atom. The largest absolute Gasteiger partial charge is 0.465 e. The molecule has 28 heavy (non-hydrogen) atoms. The highest BCUT2D eigenvalue weighted by atomic mass is 16.5. The Labute approximate surface area is 165 Å². The summed E-state index contributed by atoms with van der Waals surface area (Å²) < 4.78 is 4.72. The Kier molecular flexibility index (Phi) is 5.73. The van der Waals surface area contributed by atoms with E-state index >= 15 is 0 Å². The molecule has 0 unspecified atom stereocenters. The summed E-state index contributed by atoms with van der Waals surface area (Å²) in [4.78, 5) is 31.1. The number of esters is 1. The minimum absolute atomic E-state index is 0.0578. The highest BCUT2D eigenvalue weighted by Gasteiger charge is 2.18. The van der Waals surface area contributed by atoms with Gasteiger partial charge in [0.05, 0.1) is 23.8 Å². The first-order valence-electron chi connectivity index (χ1n) is 9.23. The van der Waals surface area contributed by atoms with Crippen molar-refractivity contribution in [3.05, 3.63) is 77.0 Å². The van der Waals surface area contributed by atoms with Crippen LogP contribution in [0.15, 0.2) is 54.6 Å². The molecule has 2 aromatic carbocycles. The molecule has 0 aliphatic heterocycles. The molecular formula is C23H24N2O3. The second-order valence-electron chi connectivity index (χ2n) is 7.12. The minimum Gasteiger partial charge on any atom is -0.465 e. The van der Waals surface area contributed by atoms with Crippen LogP contribution in [-0.2, 0) is 11.3 Å². The Bertz CT molecular complexity index is 1010. The van der Waals surface area contributed by atoms with Gasteiger partial charge in [0.25, 0.3) is 5.91 Å². The van der Waals surface area contributed by atoms with Gasteiger partial charge in [-0.15, -0.1) is 0 Å². The summed E-state index contributed by atoms with van der Waals surface area (Å²) in [5.74, 6) is -0.203. The Morgan fingerprint density at radius 3 is 2.39 bits per heavy atom. The average molecular weight is 376 g/mol. The molecule has 3 aromatic rings. The van der Waals surface area contributed by atoms with Crippen LogP contribution in [0.2, 0.25) is 0 Å². The molecule has 1 aromatic heterocycles. The van der Waals surface area contributed by atoms with Gasteiger partial charge in [0.15, 0.2) is 0 Å². The SMILES string of the molecule is COC(=O)c1ccc(CN(C)C(=O)c2cc(C(C)C)nc3ccccc23)cc1. The van der Waals surface area contributed by atoms with Gasteiger partial charge in [-0.2, -0.15) is 0 Å². The third kappa shape index (κ3) is 4.03. The lowest BCUT2D eigenvalue weighted by atomic mass is 10.0. The van der Waals surface area contributed by atoms with E-state index < -0.39 is 0 Å². The molecule has 144 valence electrons. The number of hydrogen-bond acceptors (Lipinski definition) is 4. The number of rotatable bonds is 5. The van der Waals surface area contributed by atoms with Crippen LogP contribution in [0, 0.1) is 0 Å². The molecule has 0 atom stereocenters. The molecule has 0 saturated heterocycles. The number of ether oxygens (including phenoxy) is 1. The third-order valence-corrected chi connectivity index (χ3v) is 4.70. The highest BCUT2D eigenvalue weighted by Crippen LogP contribution is 2.24. The predicted octanol–water partition coefficient (Wildman–Crippen LogP) is 4.42. The standard InChI is InChI=1S/C23H24N2O3/c1-15(2)21-13-19(18-7-5-6-8-20(18)24-21)22(26)25(3)14-16-9-11-17(12-10-16)23(27)28-4/h5-13,15H,14H2,1-4H3. The number of benzene rings is 2. The number of carbonyl (C=O) groups excluding carboxylic acids is 2. The minimum atomic E-state index is -0.375. The van der Waals surface area contributed by atoms with Crippen LogP contribution in [0.5, 0.6) is 0 Å². The summed E-state index contributed by atoms with van der Waals surface area (Å²) in [6.07, 6.45) is 0. The van der Waals surface area contributed by atoms with Gasteiger partial charge in [0.1, 0.15) is 0 Å². The first-order chi connectivity index (χ1) is 13.4. The first kappa shape index (κ1) is 19.5. The van der Waals surface area contributed by atoms with E-state index in [0.29, 0.717) is 17.7 Å². The van der Waals surface area contributed by atoms with E-state index in [1.165, 1.54) is 7.11 Å². The number of amides is 1. The van der Waals surface area contributed by atoms with Gasteiger partial charge in [-0.25, -0.2) is 4.79 Å². The molecule has 0 bridgehead atoms. The van der Waals surface area contributed by atoms with Gasteiger partial charge >= 0.3 is 5.97 Å². The molecule has 5 heteroatoms. The predicted molar refractivity (Wildman–Crippen MR) is 109 cm³/mol. The number of para-hydroxylation sites is 1. The maximum atomic E-state index is 13.2. The van der Waals surface area contributed by atoms with E-state index in [-0.39, 0.29) is 17.8 Å². The van der Waals surface area contributed by atoms with Crippen molar-refractivity contribution in [2.45, 2.75) is 26.3 Å². The second kappa shape index (κ2) is 8.21. The Balaban J connectivity index is 1.88. The Morgan fingerprint density at radius 1 is 1.07 bits per heavy atom. The number of aromatic nitrogens is 1. The number of hydrogen-bond donors (Lipinski definition) is 0. The van der Waals surface area contributed by atoms with Crippen LogP contribution >= 0.6 is 0 Å². The molecule has 5 nitrogen and oxygen atoms in total. The van der Waals surface area contributed by atoms with Crippen molar-refractivity contribution >= 4 is 22.8 Å². The molecule has 0 aliphatic rings. The van der Waals surface area contributed by atoms with Crippen molar-refractivity contribution in [2.75, 3.05) is 14.2 Å². The fourth-order valence-corrected chi connectivity index (χ4v) is 3.08. The zero-order valence-corrected chi connectivity index (χ0v) is 16.6. The van der Waals surface area contributed by atoms with Gasteiger partial charge in [-0.1, -0.05) is 44.2 Å². The van der Waals surface area contributed by atoms with Crippen molar-refractivity contribution in [2.24, 2.45) is 0 Å². The average Bonchev–Trinajstić information content (AvgIpc) is 2.72. The van der Waals surface area contributed by atoms with Gasteiger partial charge in [0.2, 0.25) is 0 Å². The van der Waals surface area contributed by atoms with Gasteiger partial charge < -0.3 is 9.64 Å². The van der Waals surface area contributed by atoms with Crippen LogP contribution < -0.4 is 0 Å². The molecule has 1 heterocycles. The lowest BCUT2D eigenvalue weighted by Crippen LogP contribution is -2.26. The maximum Gasteiger partial charge on any atom is 0.337 e. The zero-order chi connectivity index (χ0) is 20.3. The first-order valence-corrected chi connectivity index (χ1v) is 9.23. The van der Waals surface area contributed by atoms with E-state index in [4.69, 9.17) is 4.74 Å². The third-order valence-electron chi connectivity index (χ3n) is 4.70. The summed E-state index contributed by atoms with van der Waals surface area (Å²) in [5.41, 5.74) is 3.81. The summed E-state index contributed by atoms with van der Waals surface area (Å²) >= 11 is 0. The van der Waals surface area contributed by atoms with Crippen molar-refractivity contribution in [3.8, 4) is 0 Å². The van der Waals surface area contributed by atoms with Crippen LogP contribution in [-0.4, -0.2) is 35.9 Å². The van der Waals surface area contributed by atoms with Gasteiger partial charge in [-0.3, -0.25) is 9.78 Å². The monoisotopic (exact) mass is 376 g/mol. The quantitative estimate of drug-likeness (QED) is 0.619. The number of methoxy groups -OCH3 is 1. The van der Waals surface area contributed by atoms with Crippen molar-refractivity contribution < 1.29 is 14.3 Å². The normalized spacial score (nSPS) is 10.9. The van der Waals surface area contributed by atoms with Crippen LogP contribution in [0.25, 0.3) is 10.9 Å². The van der Waals surface area contributed by atoms with Gasteiger partial charge in [0, 0.05) is 24.7 Å². The number of pyridine rings is 1. The van der Waals surface area contributed by atoms with Crippen molar-refractivity contribution in [1.82, 2.24) is 9.88 Å². The van der Waals surface area contributed by atoms with E-state index in [1.807, 2.05) is 42.5 Å². The molecule has 0 aliphatic carbocycles. The van der Waals surface area contributed by atoms with E-state index in [2.05, 4.69) is 18.8 Å².